The summed E-state index contributed by atoms with van der Waals surface area (Å²) < 4.78 is 2.03. The summed E-state index contributed by atoms with van der Waals surface area (Å²) in [6.45, 7) is 6.54. The molecule has 1 atom stereocenters. The molecule has 2 aromatic rings. The molecule has 130 valence electrons. The number of rotatable bonds is 6. The third-order valence-corrected chi connectivity index (χ3v) is 5.42. The molecule has 1 N–H and O–H groups in total. The van der Waals surface area contributed by atoms with Crippen LogP contribution in [0.25, 0.3) is 0 Å². The third kappa shape index (κ3) is 4.06. The van der Waals surface area contributed by atoms with Crippen LogP contribution in [0, 0.1) is 0 Å². The summed E-state index contributed by atoms with van der Waals surface area (Å²) in [5.41, 5.74) is 0.755. The molecule has 0 spiro atoms. The van der Waals surface area contributed by atoms with Gasteiger partial charge in [0.1, 0.15) is 5.69 Å². The van der Waals surface area contributed by atoms with E-state index >= 15 is 0 Å². The second kappa shape index (κ2) is 7.96. The van der Waals surface area contributed by atoms with Crippen LogP contribution in [-0.4, -0.2) is 64.2 Å². The van der Waals surface area contributed by atoms with Crippen LogP contribution in [0.2, 0.25) is 0 Å². The number of nitrogens with zero attached hydrogens (tertiary/aromatic N) is 3. The highest BCUT2D eigenvalue weighted by Gasteiger charge is 2.24. The summed E-state index contributed by atoms with van der Waals surface area (Å²) in [6.07, 6.45) is 2.48. The Labute approximate surface area is 147 Å². The standard InChI is InChI=1S/C18H25N3O2S/c1-2-15(22)13-19-8-10-20(11-9-19)18(23)17-6-3-7-21(17)14-16-5-4-12-24-16/h3-7,12,15,22H,2,8-11,13-14H2,1H3/t15-/m0/s1. The summed E-state index contributed by atoms with van der Waals surface area (Å²) in [4.78, 5) is 18.2. The predicted octanol–water partition coefficient (Wildman–Crippen LogP) is 2.13. The van der Waals surface area contributed by atoms with Gasteiger partial charge in [-0.1, -0.05) is 13.0 Å². The quantitative estimate of drug-likeness (QED) is 0.871. The highest BCUT2D eigenvalue weighted by Crippen LogP contribution is 2.15. The van der Waals surface area contributed by atoms with Gasteiger partial charge < -0.3 is 14.6 Å². The van der Waals surface area contributed by atoms with Crippen molar-refractivity contribution in [3.63, 3.8) is 0 Å². The smallest absolute Gasteiger partial charge is 0.270 e. The summed E-state index contributed by atoms with van der Waals surface area (Å²) >= 11 is 1.71. The zero-order chi connectivity index (χ0) is 16.9. The molecule has 0 unspecified atom stereocenters. The fourth-order valence-corrected chi connectivity index (χ4v) is 3.74. The predicted molar refractivity (Wildman–Crippen MR) is 96.5 cm³/mol. The van der Waals surface area contributed by atoms with Crippen molar-refractivity contribution >= 4 is 17.2 Å². The maximum atomic E-state index is 12.8. The van der Waals surface area contributed by atoms with Gasteiger partial charge in [-0.05, 0) is 30.0 Å². The summed E-state index contributed by atoms with van der Waals surface area (Å²) in [5, 5.41) is 11.8. The number of carbonyl (C=O) groups is 1. The number of hydrogen-bond acceptors (Lipinski definition) is 4. The van der Waals surface area contributed by atoms with Crippen LogP contribution in [0.15, 0.2) is 35.8 Å². The molecule has 3 rings (SSSR count). The minimum Gasteiger partial charge on any atom is -0.392 e. The highest BCUT2D eigenvalue weighted by molar-refractivity contribution is 7.09. The van der Waals surface area contributed by atoms with Gasteiger partial charge in [-0.2, -0.15) is 0 Å². The molecular formula is C18H25N3O2S. The minimum absolute atomic E-state index is 0.104. The van der Waals surface area contributed by atoms with E-state index in [0.29, 0.717) is 6.54 Å². The van der Waals surface area contributed by atoms with E-state index < -0.39 is 0 Å². The van der Waals surface area contributed by atoms with Gasteiger partial charge in [-0.15, -0.1) is 11.3 Å². The molecule has 0 aromatic carbocycles. The van der Waals surface area contributed by atoms with Crippen molar-refractivity contribution in [2.45, 2.75) is 26.0 Å². The molecule has 0 saturated carbocycles. The Morgan fingerprint density at radius 2 is 2.04 bits per heavy atom. The number of carbonyl (C=O) groups excluding carboxylic acids is 1. The molecule has 0 bridgehead atoms. The maximum absolute atomic E-state index is 12.8. The summed E-state index contributed by atoms with van der Waals surface area (Å²) in [6, 6.07) is 7.98. The van der Waals surface area contributed by atoms with Crippen LogP contribution in [0.5, 0.6) is 0 Å². The van der Waals surface area contributed by atoms with Crippen molar-refractivity contribution in [1.29, 1.82) is 0 Å². The molecule has 24 heavy (non-hydrogen) atoms. The van der Waals surface area contributed by atoms with E-state index in [4.69, 9.17) is 0 Å². The fraction of sp³-hybridized carbons (Fsp3) is 0.500. The Morgan fingerprint density at radius 1 is 1.25 bits per heavy atom. The molecule has 1 aliphatic heterocycles. The molecule has 3 heterocycles. The second-order valence-electron chi connectivity index (χ2n) is 6.26. The Bertz CT molecular complexity index is 645. The molecule has 6 heteroatoms. The zero-order valence-corrected chi connectivity index (χ0v) is 14.9. The van der Waals surface area contributed by atoms with Crippen molar-refractivity contribution in [3.05, 3.63) is 46.4 Å². The summed E-state index contributed by atoms with van der Waals surface area (Å²) in [7, 11) is 0. The molecule has 0 radical (unpaired) electrons. The third-order valence-electron chi connectivity index (χ3n) is 4.55. The van der Waals surface area contributed by atoms with Crippen molar-refractivity contribution in [3.8, 4) is 0 Å². The molecule has 1 amide bonds. The first-order valence-electron chi connectivity index (χ1n) is 8.54. The van der Waals surface area contributed by atoms with Crippen molar-refractivity contribution in [1.82, 2.24) is 14.4 Å². The van der Waals surface area contributed by atoms with Gasteiger partial charge in [0, 0.05) is 43.8 Å². The molecule has 5 nitrogen and oxygen atoms in total. The monoisotopic (exact) mass is 347 g/mol. The lowest BCUT2D eigenvalue weighted by atomic mass is 10.2. The average molecular weight is 347 g/mol. The maximum Gasteiger partial charge on any atom is 0.270 e. The van der Waals surface area contributed by atoms with E-state index in [-0.39, 0.29) is 12.0 Å². The van der Waals surface area contributed by atoms with Crippen LogP contribution < -0.4 is 0 Å². The Balaban J connectivity index is 1.59. The van der Waals surface area contributed by atoms with Crippen LogP contribution in [0.4, 0.5) is 0 Å². The Kier molecular flexibility index (Phi) is 5.71. The lowest BCUT2D eigenvalue weighted by molar-refractivity contribution is 0.0516. The number of thiophene rings is 1. The van der Waals surface area contributed by atoms with Crippen LogP contribution in [0.3, 0.4) is 0 Å². The van der Waals surface area contributed by atoms with E-state index in [1.165, 1.54) is 4.88 Å². The topological polar surface area (TPSA) is 48.7 Å². The van der Waals surface area contributed by atoms with Crippen LogP contribution in [0.1, 0.15) is 28.7 Å². The van der Waals surface area contributed by atoms with Crippen LogP contribution in [-0.2, 0) is 6.54 Å². The van der Waals surface area contributed by atoms with Gasteiger partial charge in [-0.25, -0.2) is 0 Å². The van der Waals surface area contributed by atoms with Crippen molar-refractivity contribution in [2.24, 2.45) is 0 Å². The highest BCUT2D eigenvalue weighted by atomic mass is 32.1. The van der Waals surface area contributed by atoms with E-state index in [1.54, 1.807) is 11.3 Å². The van der Waals surface area contributed by atoms with E-state index in [2.05, 4.69) is 16.3 Å². The van der Waals surface area contributed by atoms with Crippen molar-refractivity contribution < 1.29 is 9.90 Å². The van der Waals surface area contributed by atoms with Gasteiger partial charge in [-0.3, -0.25) is 9.69 Å². The first-order chi connectivity index (χ1) is 11.7. The van der Waals surface area contributed by atoms with Gasteiger partial charge in [0.25, 0.3) is 5.91 Å². The fourth-order valence-electron chi connectivity index (χ4n) is 3.04. The number of aromatic nitrogens is 1. The molecule has 1 aliphatic rings. The second-order valence-corrected chi connectivity index (χ2v) is 7.29. The number of aliphatic hydroxyl groups excluding tert-OH is 1. The summed E-state index contributed by atoms with van der Waals surface area (Å²) in [5.74, 6) is 0.104. The first kappa shape index (κ1) is 17.2. The largest absolute Gasteiger partial charge is 0.392 e. The number of piperazine rings is 1. The van der Waals surface area contributed by atoms with E-state index in [9.17, 15) is 9.90 Å². The van der Waals surface area contributed by atoms with Gasteiger partial charge >= 0.3 is 0 Å². The molecule has 1 fully saturated rings. The number of hydrogen-bond donors (Lipinski definition) is 1. The van der Waals surface area contributed by atoms with E-state index in [0.717, 1.165) is 44.8 Å². The van der Waals surface area contributed by atoms with Gasteiger partial charge in [0.15, 0.2) is 0 Å². The average Bonchev–Trinajstić information content (AvgIpc) is 3.27. The lowest BCUT2D eigenvalue weighted by Gasteiger charge is -2.35. The zero-order valence-electron chi connectivity index (χ0n) is 14.1. The number of β-amino-alcohol motifs (C(OH)–C–C–N with tert-alkyl or cyclic N) is 1. The van der Waals surface area contributed by atoms with Crippen molar-refractivity contribution in [2.75, 3.05) is 32.7 Å². The van der Waals surface area contributed by atoms with Crippen LogP contribution >= 0.6 is 11.3 Å². The minimum atomic E-state index is -0.268. The molecule has 2 aromatic heterocycles. The molecular weight excluding hydrogens is 322 g/mol. The normalized spacial score (nSPS) is 17.2. The molecule has 1 saturated heterocycles. The Morgan fingerprint density at radius 3 is 2.71 bits per heavy atom. The van der Waals surface area contributed by atoms with E-state index in [1.807, 2.05) is 40.8 Å². The van der Waals surface area contributed by atoms with Gasteiger partial charge in [0.05, 0.1) is 12.6 Å². The van der Waals surface area contributed by atoms with Gasteiger partial charge in [0.2, 0.25) is 0 Å². The first-order valence-corrected chi connectivity index (χ1v) is 9.42. The number of aliphatic hydroxyl groups is 1. The Hall–Kier alpha value is -1.63. The lowest BCUT2D eigenvalue weighted by Crippen LogP contribution is -2.50. The molecule has 0 aliphatic carbocycles. The number of amides is 1. The SMILES string of the molecule is CC[C@H](O)CN1CCN(C(=O)c2cccn2Cc2cccs2)CC1.